The van der Waals surface area contributed by atoms with Gasteiger partial charge in [0.05, 0.1) is 6.61 Å². The molecule has 0 saturated carbocycles. The highest BCUT2D eigenvalue weighted by atomic mass is 17.0. The van der Waals surface area contributed by atoms with E-state index in [9.17, 15) is 14.9 Å². The van der Waals surface area contributed by atoms with Crippen LogP contribution in [0.3, 0.4) is 0 Å². The topological polar surface area (TPSA) is 98.9 Å². The van der Waals surface area contributed by atoms with Crippen molar-refractivity contribution in [2.75, 3.05) is 13.2 Å². The predicted molar refractivity (Wildman–Crippen MR) is 60.9 cm³/mol. The van der Waals surface area contributed by atoms with Gasteiger partial charge in [0, 0.05) is 5.56 Å². The van der Waals surface area contributed by atoms with Gasteiger partial charge in [0.25, 0.3) is 5.09 Å². The van der Waals surface area contributed by atoms with E-state index < -0.39 is 17.0 Å². The van der Waals surface area contributed by atoms with Crippen molar-refractivity contribution in [3.05, 3.63) is 39.9 Å². The normalized spacial score (nSPS) is 11.7. The lowest BCUT2D eigenvalue weighted by atomic mass is 10.1. The molecule has 0 aliphatic carbocycles. The number of aliphatic hydroxyl groups excluding tert-OH is 1. The van der Waals surface area contributed by atoms with Crippen LogP contribution in [0.5, 0.6) is 5.75 Å². The van der Waals surface area contributed by atoms with Crippen LogP contribution in [0.15, 0.2) is 24.3 Å². The number of benzene rings is 1. The summed E-state index contributed by atoms with van der Waals surface area (Å²) < 4.78 is 5.11. The van der Waals surface area contributed by atoms with Gasteiger partial charge in [-0.3, -0.25) is 4.79 Å². The van der Waals surface area contributed by atoms with Crippen LogP contribution in [0.4, 0.5) is 0 Å². The van der Waals surface area contributed by atoms with Crippen molar-refractivity contribution in [2.24, 2.45) is 0 Å². The van der Waals surface area contributed by atoms with E-state index in [0.29, 0.717) is 11.3 Å². The molecule has 1 atom stereocenters. The van der Waals surface area contributed by atoms with Crippen LogP contribution >= 0.6 is 0 Å². The fourth-order valence-corrected chi connectivity index (χ4v) is 1.29. The number of nitrogens with zero attached hydrogens (tertiary/aromatic N) is 1. The zero-order valence-corrected chi connectivity index (χ0v) is 9.74. The van der Waals surface area contributed by atoms with Crippen LogP contribution in [0.25, 0.3) is 0 Å². The summed E-state index contributed by atoms with van der Waals surface area (Å²) in [5.74, 6) is 0.0175. The number of ether oxygens (including phenoxy) is 1. The minimum Gasteiger partial charge on any atom is -0.491 e. The average molecular weight is 255 g/mol. The van der Waals surface area contributed by atoms with Crippen molar-refractivity contribution in [3.8, 4) is 5.75 Å². The summed E-state index contributed by atoms with van der Waals surface area (Å²) in [5, 5.41) is 17.7. The molecule has 0 saturated heterocycles. The molecule has 0 heterocycles. The molecular weight excluding hydrogens is 242 g/mol. The Morgan fingerprint density at radius 1 is 1.44 bits per heavy atom. The van der Waals surface area contributed by atoms with Gasteiger partial charge in [-0.2, -0.15) is 0 Å². The SMILES string of the molecule is CC(O[N+](=O)[O-])C(=O)c1ccc(OCCO)cc1. The molecule has 1 rings (SSSR count). The number of hydrogen-bond acceptors (Lipinski definition) is 6. The molecule has 98 valence electrons. The van der Waals surface area contributed by atoms with Crippen LogP contribution in [0, 0.1) is 10.1 Å². The number of hydrogen-bond donors (Lipinski definition) is 1. The zero-order valence-electron chi connectivity index (χ0n) is 9.74. The van der Waals surface area contributed by atoms with Gasteiger partial charge in [-0.05, 0) is 31.2 Å². The lowest BCUT2D eigenvalue weighted by Gasteiger charge is -2.09. The second-order valence-electron chi connectivity index (χ2n) is 3.43. The number of rotatable bonds is 7. The molecule has 0 aromatic heterocycles. The molecule has 1 aromatic carbocycles. The van der Waals surface area contributed by atoms with Crippen molar-refractivity contribution >= 4 is 5.78 Å². The number of ketones is 1. The minimum absolute atomic E-state index is 0.103. The summed E-state index contributed by atoms with van der Waals surface area (Å²) in [6.45, 7) is 1.36. The fourth-order valence-electron chi connectivity index (χ4n) is 1.29. The highest BCUT2D eigenvalue weighted by molar-refractivity contribution is 5.99. The van der Waals surface area contributed by atoms with Crippen molar-refractivity contribution < 1.29 is 24.6 Å². The third kappa shape index (κ3) is 4.02. The molecule has 0 spiro atoms. The van der Waals surface area contributed by atoms with Gasteiger partial charge < -0.3 is 14.7 Å². The Morgan fingerprint density at radius 3 is 2.56 bits per heavy atom. The number of carbonyl (C=O) groups is 1. The van der Waals surface area contributed by atoms with Gasteiger partial charge >= 0.3 is 0 Å². The van der Waals surface area contributed by atoms with Crippen molar-refractivity contribution in [2.45, 2.75) is 13.0 Å². The first-order valence-corrected chi connectivity index (χ1v) is 5.23. The summed E-state index contributed by atoms with van der Waals surface area (Å²) in [6, 6.07) is 6.05. The third-order valence-corrected chi connectivity index (χ3v) is 2.11. The van der Waals surface area contributed by atoms with Crippen LogP contribution in [0.1, 0.15) is 17.3 Å². The molecule has 18 heavy (non-hydrogen) atoms. The van der Waals surface area contributed by atoms with Crippen molar-refractivity contribution in [1.29, 1.82) is 0 Å². The molecule has 0 radical (unpaired) electrons. The first kappa shape index (κ1) is 13.9. The van der Waals surface area contributed by atoms with Gasteiger partial charge in [-0.15, -0.1) is 10.1 Å². The molecule has 1 unspecified atom stereocenters. The number of carbonyl (C=O) groups excluding carboxylic acids is 1. The van der Waals surface area contributed by atoms with E-state index in [1.54, 1.807) is 12.1 Å². The van der Waals surface area contributed by atoms with E-state index in [1.807, 2.05) is 0 Å². The fraction of sp³-hybridized carbons (Fsp3) is 0.364. The average Bonchev–Trinajstić information content (AvgIpc) is 2.35. The number of Topliss-reactive ketones (excluding diaryl/α,β-unsaturated/α-hetero) is 1. The zero-order chi connectivity index (χ0) is 13.5. The molecule has 7 heteroatoms. The summed E-state index contributed by atoms with van der Waals surface area (Å²) >= 11 is 0. The summed E-state index contributed by atoms with van der Waals surface area (Å²) in [5.41, 5.74) is 0.292. The minimum atomic E-state index is -1.15. The van der Waals surface area contributed by atoms with Gasteiger partial charge in [-0.25, -0.2) is 0 Å². The van der Waals surface area contributed by atoms with E-state index in [0.717, 1.165) is 0 Å². The summed E-state index contributed by atoms with van der Waals surface area (Å²) in [4.78, 5) is 26.0. The maximum absolute atomic E-state index is 11.7. The molecular formula is C11H13NO6. The Morgan fingerprint density at radius 2 is 2.06 bits per heavy atom. The van der Waals surface area contributed by atoms with Crippen LogP contribution in [0.2, 0.25) is 0 Å². The highest BCUT2D eigenvalue weighted by Gasteiger charge is 2.18. The second-order valence-corrected chi connectivity index (χ2v) is 3.43. The van der Waals surface area contributed by atoms with Gasteiger partial charge in [-0.1, -0.05) is 0 Å². The van der Waals surface area contributed by atoms with Crippen molar-refractivity contribution in [1.82, 2.24) is 0 Å². The molecule has 7 nitrogen and oxygen atoms in total. The third-order valence-electron chi connectivity index (χ3n) is 2.11. The molecule has 0 bridgehead atoms. The maximum atomic E-state index is 11.7. The first-order chi connectivity index (χ1) is 8.54. The van der Waals surface area contributed by atoms with Crippen LogP contribution in [-0.4, -0.2) is 35.3 Å². The van der Waals surface area contributed by atoms with E-state index >= 15 is 0 Å². The van der Waals surface area contributed by atoms with E-state index in [4.69, 9.17) is 9.84 Å². The Balaban J connectivity index is 2.66. The lowest BCUT2D eigenvalue weighted by Crippen LogP contribution is -2.23. The van der Waals surface area contributed by atoms with E-state index in [-0.39, 0.29) is 13.2 Å². The Bertz CT molecular complexity index is 416. The van der Waals surface area contributed by atoms with Gasteiger partial charge in [0.15, 0.2) is 11.9 Å². The van der Waals surface area contributed by atoms with E-state index in [2.05, 4.69) is 4.84 Å². The monoisotopic (exact) mass is 255 g/mol. The maximum Gasteiger partial charge on any atom is 0.295 e. The summed E-state index contributed by atoms with van der Waals surface area (Å²) in [6.07, 6.45) is -1.15. The van der Waals surface area contributed by atoms with E-state index in [1.165, 1.54) is 19.1 Å². The Hall–Kier alpha value is -2.15. The quantitative estimate of drug-likeness (QED) is 0.440. The molecule has 1 N–H and O–H groups in total. The molecule has 0 aliphatic rings. The molecule has 1 aromatic rings. The molecule has 0 amide bonds. The Kier molecular flexibility index (Phi) is 5.06. The second kappa shape index (κ2) is 6.55. The lowest BCUT2D eigenvalue weighted by molar-refractivity contribution is -0.763. The predicted octanol–water partition coefficient (Wildman–Crippen LogP) is 0.837. The first-order valence-electron chi connectivity index (χ1n) is 5.23. The number of aliphatic hydroxyl groups is 1. The molecule has 0 fully saturated rings. The smallest absolute Gasteiger partial charge is 0.295 e. The standard InChI is InChI=1S/C11H13NO6/c1-8(18-12(15)16)11(14)9-2-4-10(5-3-9)17-7-6-13/h2-5,8,13H,6-7H2,1H3. The van der Waals surface area contributed by atoms with Gasteiger partial charge in [0.1, 0.15) is 12.4 Å². The highest BCUT2D eigenvalue weighted by Crippen LogP contribution is 2.14. The van der Waals surface area contributed by atoms with Gasteiger partial charge in [0.2, 0.25) is 0 Å². The molecule has 0 aliphatic heterocycles. The van der Waals surface area contributed by atoms with Crippen LogP contribution in [-0.2, 0) is 4.84 Å². The van der Waals surface area contributed by atoms with Crippen molar-refractivity contribution in [3.63, 3.8) is 0 Å². The summed E-state index contributed by atoms with van der Waals surface area (Å²) in [7, 11) is 0. The Labute approximate surface area is 103 Å². The largest absolute Gasteiger partial charge is 0.491 e. The van der Waals surface area contributed by atoms with Crippen LogP contribution < -0.4 is 4.74 Å².